The monoisotopic (exact) mass is 355 g/mol. The highest BCUT2D eigenvalue weighted by molar-refractivity contribution is 9.10. The first kappa shape index (κ1) is 17.7. The summed E-state index contributed by atoms with van der Waals surface area (Å²) in [6, 6.07) is 5.65. The third-order valence-corrected chi connectivity index (χ3v) is 3.71. The Labute approximate surface area is 134 Å². The number of likely N-dealkylation sites (N-methyl/N-ethyl adjacent to an activating group) is 1. The van der Waals surface area contributed by atoms with E-state index in [0.717, 1.165) is 22.1 Å². The van der Waals surface area contributed by atoms with Gasteiger partial charge in [0.15, 0.2) is 0 Å². The molecule has 0 aliphatic heterocycles. The Morgan fingerprint density at radius 3 is 2.52 bits per heavy atom. The lowest BCUT2D eigenvalue weighted by atomic mass is 10.2. The third kappa shape index (κ3) is 6.73. The van der Waals surface area contributed by atoms with Gasteiger partial charge in [0.05, 0.1) is 13.1 Å². The molecule has 6 heteroatoms. The first-order valence-electron chi connectivity index (χ1n) is 6.93. The van der Waals surface area contributed by atoms with Gasteiger partial charge in [-0.25, -0.2) is 0 Å². The molecule has 1 rings (SSSR count). The Morgan fingerprint density at radius 2 is 1.90 bits per heavy atom. The lowest BCUT2D eigenvalue weighted by Gasteiger charge is -2.16. The highest BCUT2D eigenvalue weighted by atomic mass is 79.9. The van der Waals surface area contributed by atoms with Crippen molar-refractivity contribution in [3.63, 3.8) is 0 Å². The Balaban J connectivity index is 2.42. The molecule has 0 saturated heterocycles. The molecule has 0 saturated carbocycles. The van der Waals surface area contributed by atoms with Gasteiger partial charge >= 0.3 is 0 Å². The maximum Gasteiger partial charge on any atom is 0.238 e. The Kier molecular flexibility index (Phi) is 7.39. The summed E-state index contributed by atoms with van der Waals surface area (Å²) in [5.41, 5.74) is 1.85. The molecule has 0 fully saturated rings. The molecule has 21 heavy (non-hydrogen) atoms. The maximum atomic E-state index is 11.9. The van der Waals surface area contributed by atoms with E-state index in [9.17, 15) is 9.59 Å². The van der Waals surface area contributed by atoms with E-state index < -0.39 is 0 Å². The molecule has 5 nitrogen and oxygen atoms in total. The summed E-state index contributed by atoms with van der Waals surface area (Å²) in [6.45, 7) is 5.03. The van der Waals surface area contributed by atoms with Crippen molar-refractivity contribution in [3.05, 3.63) is 28.2 Å². The van der Waals surface area contributed by atoms with Crippen molar-refractivity contribution in [1.82, 2.24) is 10.2 Å². The van der Waals surface area contributed by atoms with Gasteiger partial charge in [-0.3, -0.25) is 14.5 Å². The number of nitrogens with one attached hydrogen (secondary N) is 2. The third-order valence-electron chi connectivity index (χ3n) is 2.85. The summed E-state index contributed by atoms with van der Waals surface area (Å²) in [4.78, 5) is 25.1. The van der Waals surface area contributed by atoms with Crippen LogP contribution in [0.25, 0.3) is 0 Å². The number of hydrogen-bond acceptors (Lipinski definition) is 3. The summed E-state index contributed by atoms with van der Waals surface area (Å²) < 4.78 is 0.951. The van der Waals surface area contributed by atoms with E-state index in [-0.39, 0.29) is 24.9 Å². The minimum Gasteiger partial charge on any atom is -0.355 e. The second kappa shape index (κ2) is 8.79. The highest BCUT2D eigenvalue weighted by Crippen LogP contribution is 2.20. The van der Waals surface area contributed by atoms with Crippen LogP contribution in [0, 0.1) is 6.92 Å². The number of amides is 2. The predicted molar refractivity (Wildman–Crippen MR) is 88.3 cm³/mol. The zero-order valence-corrected chi connectivity index (χ0v) is 14.3. The molecule has 0 aliphatic carbocycles. The second-order valence-corrected chi connectivity index (χ2v) is 5.89. The number of anilines is 1. The molecule has 0 bridgehead atoms. The molecule has 116 valence electrons. The van der Waals surface area contributed by atoms with Crippen LogP contribution in [0.4, 0.5) is 5.69 Å². The van der Waals surface area contributed by atoms with E-state index >= 15 is 0 Å². The molecule has 0 aliphatic rings. The van der Waals surface area contributed by atoms with Crippen molar-refractivity contribution >= 4 is 33.4 Å². The molecule has 2 N–H and O–H groups in total. The average Bonchev–Trinajstić information content (AvgIpc) is 2.40. The van der Waals surface area contributed by atoms with Crippen LogP contribution in [0.5, 0.6) is 0 Å². The van der Waals surface area contributed by atoms with Crippen LogP contribution in [-0.2, 0) is 9.59 Å². The van der Waals surface area contributed by atoms with Crippen LogP contribution in [0.1, 0.15) is 18.9 Å². The molecule has 2 amide bonds. The van der Waals surface area contributed by atoms with Crippen molar-refractivity contribution in [2.75, 3.05) is 32.0 Å². The van der Waals surface area contributed by atoms with Crippen molar-refractivity contribution in [2.45, 2.75) is 20.3 Å². The molecule has 0 radical (unpaired) electrons. The number of aryl methyl sites for hydroxylation is 1. The molecular formula is C15H22BrN3O2. The number of benzene rings is 1. The largest absolute Gasteiger partial charge is 0.355 e. The van der Waals surface area contributed by atoms with Crippen LogP contribution in [-0.4, -0.2) is 43.4 Å². The zero-order chi connectivity index (χ0) is 15.8. The maximum absolute atomic E-state index is 11.9. The number of carbonyl (C=O) groups excluding carboxylic acids is 2. The summed E-state index contributed by atoms with van der Waals surface area (Å²) in [7, 11) is 1.75. The molecule has 0 atom stereocenters. The SMILES string of the molecule is CCCNC(=O)CN(C)CC(=O)Nc1ccc(C)c(Br)c1. The molecule has 0 heterocycles. The van der Waals surface area contributed by atoms with Crippen LogP contribution >= 0.6 is 15.9 Å². The van der Waals surface area contributed by atoms with Gasteiger partial charge in [0.25, 0.3) is 0 Å². The highest BCUT2D eigenvalue weighted by Gasteiger charge is 2.10. The van der Waals surface area contributed by atoms with Crippen LogP contribution < -0.4 is 10.6 Å². The fourth-order valence-electron chi connectivity index (χ4n) is 1.74. The van der Waals surface area contributed by atoms with E-state index in [0.29, 0.717) is 6.54 Å². The first-order valence-corrected chi connectivity index (χ1v) is 7.73. The summed E-state index contributed by atoms with van der Waals surface area (Å²) in [5, 5.41) is 5.60. The average molecular weight is 356 g/mol. The van der Waals surface area contributed by atoms with Crippen LogP contribution in [0.3, 0.4) is 0 Å². The Morgan fingerprint density at radius 1 is 1.24 bits per heavy atom. The van der Waals surface area contributed by atoms with Gasteiger partial charge in [-0.15, -0.1) is 0 Å². The van der Waals surface area contributed by atoms with Gasteiger partial charge < -0.3 is 10.6 Å². The van der Waals surface area contributed by atoms with Crippen LogP contribution in [0.15, 0.2) is 22.7 Å². The van der Waals surface area contributed by atoms with Crippen molar-refractivity contribution in [1.29, 1.82) is 0 Å². The van der Waals surface area contributed by atoms with Crippen molar-refractivity contribution in [2.24, 2.45) is 0 Å². The van der Waals surface area contributed by atoms with Gasteiger partial charge in [0.1, 0.15) is 0 Å². The minimum atomic E-state index is -0.142. The molecule has 0 aromatic heterocycles. The lowest BCUT2D eigenvalue weighted by molar-refractivity contribution is -0.122. The molecule has 0 spiro atoms. The van der Waals surface area contributed by atoms with E-state index in [4.69, 9.17) is 0 Å². The first-order chi connectivity index (χ1) is 9.92. The molecular weight excluding hydrogens is 334 g/mol. The van der Waals surface area contributed by atoms with Gasteiger partial charge in [-0.05, 0) is 38.1 Å². The van der Waals surface area contributed by atoms with Gasteiger partial charge in [-0.1, -0.05) is 28.9 Å². The fourth-order valence-corrected chi connectivity index (χ4v) is 2.12. The number of nitrogens with zero attached hydrogens (tertiary/aromatic N) is 1. The number of halogens is 1. The summed E-state index contributed by atoms with van der Waals surface area (Å²) in [6.07, 6.45) is 0.901. The number of rotatable bonds is 7. The topological polar surface area (TPSA) is 61.4 Å². The fraction of sp³-hybridized carbons (Fsp3) is 0.467. The smallest absolute Gasteiger partial charge is 0.238 e. The van der Waals surface area contributed by atoms with Gasteiger partial charge in [-0.2, -0.15) is 0 Å². The Bertz CT molecular complexity index is 506. The van der Waals surface area contributed by atoms with E-state index in [2.05, 4.69) is 26.6 Å². The summed E-state index contributed by atoms with van der Waals surface area (Å²) >= 11 is 3.43. The second-order valence-electron chi connectivity index (χ2n) is 5.03. The number of carbonyl (C=O) groups is 2. The quantitative estimate of drug-likeness (QED) is 0.787. The van der Waals surface area contributed by atoms with Crippen molar-refractivity contribution in [3.8, 4) is 0 Å². The van der Waals surface area contributed by atoms with E-state index in [1.807, 2.05) is 32.0 Å². The van der Waals surface area contributed by atoms with Crippen molar-refractivity contribution < 1.29 is 9.59 Å². The lowest BCUT2D eigenvalue weighted by Crippen LogP contribution is -2.39. The summed E-state index contributed by atoms with van der Waals surface area (Å²) in [5.74, 6) is -0.207. The van der Waals surface area contributed by atoms with Crippen LogP contribution in [0.2, 0.25) is 0 Å². The number of hydrogen-bond donors (Lipinski definition) is 2. The van der Waals surface area contributed by atoms with Gasteiger partial charge in [0, 0.05) is 16.7 Å². The normalized spacial score (nSPS) is 10.5. The van der Waals surface area contributed by atoms with E-state index in [1.165, 1.54) is 0 Å². The standard InChI is InChI=1S/C15H22BrN3O2/c1-4-7-17-14(20)9-19(3)10-15(21)18-12-6-5-11(2)13(16)8-12/h5-6,8H,4,7,9-10H2,1-3H3,(H,17,20)(H,18,21). The molecule has 1 aromatic carbocycles. The van der Waals surface area contributed by atoms with Gasteiger partial charge in [0.2, 0.25) is 11.8 Å². The Hall–Kier alpha value is -1.40. The molecule has 1 aromatic rings. The zero-order valence-electron chi connectivity index (χ0n) is 12.7. The minimum absolute atomic E-state index is 0.0646. The molecule has 0 unspecified atom stereocenters. The predicted octanol–water partition coefficient (Wildman–Crippen LogP) is 2.15. The van der Waals surface area contributed by atoms with E-state index in [1.54, 1.807) is 11.9 Å².